The first-order valence-electron chi connectivity index (χ1n) is 10.9. The van der Waals surface area contributed by atoms with Crippen molar-refractivity contribution in [2.45, 2.75) is 56.9 Å². The van der Waals surface area contributed by atoms with Crippen molar-refractivity contribution in [2.75, 3.05) is 25.0 Å². The van der Waals surface area contributed by atoms with Gasteiger partial charge >= 0.3 is 6.03 Å². The van der Waals surface area contributed by atoms with E-state index in [0.717, 1.165) is 25.7 Å². The van der Waals surface area contributed by atoms with Gasteiger partial charge < -0.3 is 15.5 Å². The largest absolute Gasteiger partial charge is 0.339 e. The molecule has 0 radical (unpaired) electrons. The lowest BCUT2D eigenvalue weighted by Gasteiger charge is -2.20. The van der Waals surface area contributed by atoms with E-state index in [0.29, 0.717) is 48.6 Å². The fourth-order valence-corrected chi connectivity index (χ4v) is 4.87. The van der Waals surface area contributed by atoms with Crippen molar-refractivity contribution in [3.63, 3.8) is 0 Å². The zero-order valence-electron chi connectivity index (χ0n) is 17.4. The van der Waals surface area contributed by atoms with Gasteiger partial charge in [-0.05, 0) is 50.3 Å². The number of likely N-dealkylation sites (tertiary alicyclic amines) is 1. The highest BCUT2D eigenvalue weighted by atomic mass is 35.5. The average molecular weight is 447 g/mol. The minimum atomic E-state index is -0.729. The van der Waals surface area contributed by atoms with Crippen molar-refractivity contribution < 1.29 is 19.2 Å². The molecule has 31 heavy (non-hydrogen) atoms. The van der Waals surface area contributed by atoms with Gasteiger partial charge in [0.25, 0.3) is 11.8 Å². The number of benzene rings is 1. The molecule has 0 bridgehead atoms. The molecule has 9 heteroatoms. The van der Waals surface area contributed by atoms with Crippen LogP contribution in [0.25, 0.3) is 0 Å². The Balaban J connectivity index is 1.34. The molecule has 3 aliphatic rings. The molecule has 2 heterocycles. The van der Waals surface area contributed by atoms with E-state index in [4.69, 9.17) is 11.6 Å². The van der Waals surface area contributed by atoms with E-state index < -0.39 is 5.54 Å². The van der Waals surface area contributed by atoms with Crippen LogP contribution in [0.5, 0.6) is 0 Å². The number of amides is 5. The summed E-state index contributed by atoms with van der Waals surface area (Å²) in [6.45, 7) is 1.60. The third-order valence-corrected chi connectivity index (χ3v) is 6.60. The highest BCUT2D eigenvalue weighted by Gasteiger charge is 2.52. The summed E-state index contributed by atoms with van der Waals surface area (Å²) in [7, 11) is 0. The average Bonchev–Trinajstić information content (AvgIpc) is 3.48. The molecule has 2 N–H and O–H groups in total. The van der Waals surface area contributed by atoms with Crippen LogP contribution in [-0.2, 0) is 9.59 Å². The van der Waals surface area contributed by atoms with Gasteiger partial charge in [0.1, 0.15) is 5.54 Å². The zero-order chi connectivity index (χ0) is 22.0. The van der Waals surface area contributed by atoms with Gasteiger partial charge in [-0.2, -0.15) is 0 Å². The number of anilines is 1. The second-order valence-electron chi connectivity index (χ2n) is 8.52. The predicted octanol–water partition coefficient (Wildman–Crippen LogP) is 3.16. The van der Waals surface area contributed by atoms with Gasteiger partial charge in [0, 0.05) is 31.1 Å². The number of urea groups is 1. The first-order valence-corrected chi connectivity index (χ1v) is 11.3. The molecule has 1 aromatic carbocycles. The number of imide groups is 1. The van der Waals surface area contributed by atoms with Crippen LogP contribution in [-0.4, -0.2) is 58.7 Å². The molecule has 3 fully saturated rings. The Morgan fingerprint density at radius 1 is 1.10 bits per heavy atom. The standard InChI is InChI=1S/C22H27ClN4O4/c23-15-7-8-17(16(14-15)19(29)26-11-3-4-12-26)24-18(28)6-5-13-27-20(30)22(25-21(27)31)9-1-2-10-22/h7-8,14H,1-6,9-13H2,(H,24,28)(H,25,31). The molecule has 0 unspecified atom stereocenters. The lowest BCUT2D eigenvalue weighted by molar-refractivity contribution is -0.131. The minimum Gasteiger partial charge on any atom is -0.339 e. The number of hydrogen-bond acceptors (Lipinski definition) is 4. The summed E-state index contributed by atoms with van der Waals surface area (Å²) in [5, 5.41) is 6.06. The van der Waals surface area contributed by atoms with Gasteiger partial charge in [-0.1, -0.05) is 24.4 Å². The van der Waals surface area contributed by atoms with Crippen LogP contribution in [0.4, 0.5) is 10.5 Å². The lowest BCUT2D eigenvalue weighted by Crippen LogP contribution is -2.44. The number of rotatable bonds is 6. The molecule has 4 rings (SSSR count). The summed E-state index contributed by atoms with van der Waals surface area (Å²) in [5.41, 5.74) is 0.0687. The molecule has 8 nitrogen and oxygen atoms in total. The normalized spacial score (nSPS) is 19.9. The van der Waals surface area contributed by atoms with Gasteiger partial charge in [0.2, 0.25) is 5.91 Å². The molecular formula is C22H27ClN4O4. The SMILES string of the molecule is O=C(CCCN1C(=O)NC2(CCCC2)C1=O)Nc1ccc(Cl)cc1C(=O)N1CCCC1. The van der Waals surface area contributed by atoms with E-state index >= 15 is 0 Å². The predicted molar refractivity (Wildman–Crippen MR) is 116 cm³/mol. The minimum absolute atomic E-state index is 0.129. The van der Waals surface area contributed by atoms with E-state index in [1.807, 2.05) is 0 Å². The summed E-state index contributed by atoms with van der Waals surface area (Å²) in [4.78, 5) is 53.2. The van der Waals surface area contributed by atoms with Crippen molar-refractivity contribution in [1.82, 2.24) is 15.1 Å². The maximum absolute atomic E-state index is 12.8. The fourth-order valence-electron chi connectivity index (χ4n) is 4.70. The van der Waals surface area contributed by atoms with E-state index in [-0.39, 0.29) is 36.7 Å². The molecule has 0 atom stereocenters. The van der Waals surface area contributed by atoms with Crippen molar-refractivity contribution in [2.24, 2.45) is 0 Å². The Bertz CT molecular complexity index is 907. The Hall–Kier alpha value is -2.61. The molecule has 2 saturated heterocycles. The Morgan fingerprint density at radius 2 is 1.81 bits per heavy atom. The number of carbonyl (C=O) groups excluding carboxylic acids is 4. The van der Waals surface area contributed by atoms with Gasteiger partial charge in [0.05, 0.1) is 11.3 Å². The van der Waals surface area contributed by atoms with Crippen LogP contribution in [0.2, 0.25) is 5.02 Å². The molecule has 1 saturated carbocycles. The first kappa shape index (κ1) is 21.6. The Kier molecular flexibility index (Phi) is 6.18. The third-order valence-electron chi connectivity index (χ3n) is 6.37. The molecule has 2 aliphatic heterocycles. The first-order chi connectivity index (χ1) is 14.9. The van der Waals surface area contributed by atoms with Gasteiger partial charge in [-0.15, -0.1) is 0 Å². The van der Waals surface area contributed by atoms with Gasteiger partial charge in [-0.3, -0.25) is 19.3 Å². The van der Waals surface area contributed by atoms with E-state index in [2.05, 4.69) is 10.6 Å². The fraction of sp³-hybridized carbons (Fsp3) is 0.545. The lowest BCUT2D eigenvalue weighted by atomic mass is 9.98. The Labute approximate surface area is 186 Å². The summed E-state index contributed by atoms with van der Waals surface area (Å²) in [6, 6.07) is 4.46. The third kappa shape index (κ3) is 4.39. The number of halogens is 1. The maximum Gasteiger partial charge on any atom is 0.325 e. The van der Waals surface area contributed by atoms with Crippen LogP contribution in [0, 0.1) is 0 Å². The number of nitrogens with zero attached hydrogens (tertiary/aromatic N) is 2. The Morgan fingerprint density at radius 3 is 2.52 bits per heavy atom. The smallest absolute Gasteiger partial charge is 0.325 e. The molecule has 5 amide bonds. The molecule has 166 valence electrons. The molecule has 1 aliphatic carbocycles. The van der Waals surface area contributed by atoms with Crippen molar-refractivity contribution in [1.29, 1.82) is 0 Å². The van der Waals surface area contributed by atoms with Crippen molar-refractivity contribution in [3.8, 4) is 0 Å². The summed E-state index contributed by atoms with van der Waals surface area (Å²) in [6.07, 6.45) is 5.64. The monoisotopic (exact) mass is 446 g/mol. The van der Waals surface area contributed by atoms with Crippen LogP contribution in [0.1, 0.15) is 61.7 Å². The van der Waals surface area contributed by atoms with E-state index in [9.17, 15) is 19.2 Å². The summed E-state index contributed by atoms with van der Waals surface area (Å²) >= 11 is 6.08. The topological polar surface area (TPSA) is 98.8 Å². The number of hydrogen-bond donors (Lipinski definition) is 2. The number of carbonyl (C=O) groups is 4. The molecular weight excluding hydrogens is 420 g/mol. The van der Waals surface area contributed by atoms with E-state index in [1.54, 1.807) is 23.1 Å². The highest BCUT2D eigenvalue weighted by molar-refractivity contribution is 6.31. The molecule has 1 aromatic rings. The van der Waals surface area contributed by atoms with Crippen LogP contribution < -0.4 is 10.6 Å². The van der Waals surface area contributed by atoms with Gasteiger partial charge in [-0.25, -0.2) is 4.79 Å². The second kappa shape index (κ2) is 8.86. The van der Waals surface area contributed by atoms with Crippen molar-refractivity contribution in [3.05, 3.63) is 28.8 Å². The van der Waals surface area contributed by atoms with E-state index in [1.165, 1.54) is 4.90 Å². The highest BCUT2D eigenvalue weighted by Crippen LogP contribution is 2.35. The maximum atomic E-state index is 12.8. The molecule has 1 spiro atoms. The van der Waals surface area contributed by atoms with Crippen molar-refractivity contribution >= 4 is 41.0 Å². The summed E-state index contributed by atoms with van der Waals surface area (Å²) < 4.78 is 0. The van der Waals surface area contributed by atoms with Gasteiger partial charge in [0.15, 0.2) is 0 Å². The summed E-state index contributed by atoms with van der Waals surface area (Å²) in [5.74, 6) is -0.594. The molecule has 0 aromatic heterocycles. The number of nitrogens with one attached hydrogen (secondary N) is 2. The quantitative estimate of drug-likeness (QED) is 0.655. The van der Waals surface area contributed by atoms with Crippen LogP contribution >= 0.6 is 11.6 Å². The second-order valence-corrected chi connectivity index (χ2v) is 8.95. The van der Waals surface area contributed by atoms with Crippen LogP contribution in [0.3, 0.4) is 0 Å². The van der Waals surface area contributed by atoms with Crippen LogP contribution in [0.15, 0.2) is 18.2 Å². The zero-order valence-corrected chi connectivity index (χ0v) is 18.2.